The number of hydrogen-bond acceptors (Lipinski definition) is 3. The second-order valence-corrected chi connectivity index (χ2v) is 4.97. The van der Waals surface area contributed by atoms with Crippen molar-refractivity contribution in [1.82, 2.24) is 4.98 Å². The van der Waals surface area contributed by atoms with Crippen LogP contribution in [0, 0.1) is 0 Å². The van der Waals surface area contributed by atoms with Crippen LogP contribution in [0.4, 0.5) is 0 Å². The van der Waals surface area contributed by atoms with Gasteiger partial charge in [0.15, 0.2) is 5.78 Å². The number of nitrogens with two attached hydrogens (primary N) is 1. The molecule has 0 radical (unpaired) electrons. The number of rotatable bonds is 4. The third-order valence-corrected chi connectivity index (χ3v) is 3.64. The molecule has 0 amide bonds. The summed E-state index contributed by atoms with van der Waals surface area (Å²) in [7, 11) is 0. The fourth-order valence-corrected chi connectivity index (χ4v) is 2.51. The Morgan fingerprint density at radius 2 is 1.86 bits per heavy atom. The van der Waals surface area contributed by atoms with Gasteiger partial charge in [-0.15, -0.1) is 0 Å². The Hall–Kier alpha value is -2.52. The Morgan fingerprint density at radius 1 is 1.05 bits per heavy atom. The van der Waals surface area contributed by atoms with Gasteiger partial charge in [-0.25, -0.2) is 0 Å². The number of ketones is 1. The van der Waals surface area contributed by atoms with Crippen molar-refractivity contribution in [3.8, 4) is 0 Å². The van der Waals surface area contributed by atoms with Crippen LogP contribution in [-0.2, 0) is 0 Å². The van der Waals surface area contributed by atoms with E-state index in [1.165, 1.54) is 0 Å². The second-order valence-electron chi connectivity index (χ2n) is 4.97. The van der Waals surface area contributed by atoms with E-state index in [-0.39, 0.29) is 11.7 Å². The van der Waals surface area contributed by atoms with E-state index in [0.717, 1.165) is 16.5 Å². The van der Waals surface area contributed by atoms with Crippen molar-refractivity contribution < 1.29 is 4.79 Å². The van der Waals surface area contributed by atoms with Gasteiger partial charge in [-0.1, -0.05) is 36.4 Å². The van der Waals surface area contributed by atoms with Crippen LogP contribution in [0.3, 0.4) is 0 Å². The minimum Gasteiger partial charge on any atom is -0.329 e. The SMILES string of the molecule is NCC(C(=O)c1ccc2ncccc2c1)c1ccccc1. The quantitative estimate of drug-likeness (QED) is 0.745. The first-order valence-corrected chi connectivity index (χ1v) is 6.93. The van der Waals surface area contributed by atoms with Gasteiger partial charge in [0.25, 0.3) is 0 Å². The molecule has 104 valence electrons. The number of pyridine rings is 1. The van der Waals surface area contributed by atoms with Crippen molar-refractivity contribution in [3.05, 3.63) is 78.0 Å². The average molecular weight is 276 g/mol. The molecule has 3 nitrogen and oxygen atoms in total. The summed E-state index contributed by atoms with van der Waals surface area (Å²) in [5, 5.41) is 0.965. The molecule has 0 aliphatic rings. The molecule has 0 aliphatic heterocycles. The molecule has 0 bridgehead atoms. The summed E-state index contributed by atoms with van der Waals surface area (Å²) in [6.45, 7) is 0.300. The summed E-state index contributed by atoms with van der Waals surface area (Å²) < 4.78 is 0. The zero-order chi connectivity index (χ0) is 14.7. The summed E-state index contributed by atoms with van der Waals surface area (Å²) >= 11 is 0. The summed E-state index contributed by atoms with van der Waals surface area (Å²) in [6, 6.07) is 19.1. The van der Waals surface area contributed by atoms with Gasteiger partial charge in [0.2, 0.25) is 0 Å². The van der Waals surface area contributed by atoms with Gasteiger partial charge in [0.1, 0.15) is 0 Å². The van der Waals surface area contributed by atoms with E-state index in [1.54, 1.807) is 6.20 Å². The van der Waals surface area contributed by atoms with Gasteiger partial charge in [-0.2, -0.15) is 0 Å². The number of carbonyl (C=O) groups is 1. The van der Waals surface area contributed by atoms with E-state index in [9.17, 15) is 4.79 Å². The van der Waals surface area contributed by atoms with Crippen LogP contribution in [0.2, 0.25) is 0 Å². The molecule has 21 heavy (non-hydrogen) atoms. The van der Waals surface area contributed by atoms with Crippen molar-refractivity contribution >= 4 is 16.7 Å². The molecule has 1 aromatic heterocycles. The monoisotopic (exact) mass is 276 g/mol. The van der Waals surface area contributed by atoms with Gasteiger partial charge in [-0.05, 0) is 29.8 Å². The van der Waals surface area contributed by atoms with Crippen LogP contribution in [0.25, 0.3) is 10.9 Å². The standard InChI is InChI=1S/C18H16N2O/c19-12-16(13-5-2-1-3-6-13)18(21)15-8-9-17-14(11-15)7-4-10-20-17/h1-11,16H,12,19H2. The predicted molar refractivity (Wildman–Crippen MR) is 84.3 cm³/mol. The Balaban J connectivity index is 1.98. The molecule has 0 aliphatic carbocycles. The lowest BCUT2D eigenvalue weighted by Gasteiger charge is -2.14. The summed E-state index contributed by atoms with van der Waals surface area (Å²) in [6.07, 6.45) is 1.75. The lowest BCUT2D eigenvalue weighted by Crippen LogP contribution is -2.21. The number of benzene rings is 2. The molecule has 1 unspecified atom stereocenters. The van der Waals surface area contributed by atoms with Crippen LogP contribution in [0.15, 0.2) is 66.9 Å². The van der Waals surface area contributed by atoms with E-state index in [2.05, 4.69) is 4.98 Å². The van der Waals surface area contributed by atoms with E-state index in [4.69, 9.17) is 5.73 Å². The van der Waals surface area contributed by atoms with E-state index < -0.39 is 0 Å². The smallest absolute Gasteiger partial charge is 0.171 e. The highest BCUT2D eigenvalue weighted by Crippen LogP contribution is 2.22. The molecule has 2 aromatic carbocycles. The molecule has 0 fully saturated rings. The van der Waals surface area contributed by atoms with Crippen LogP contribution >= 0.6 is 0 Å². The molecule has 0 saturated heterocycles. The molecule has 0 spiro atoms. The van der Waals surface area contributed by atoms with Crippen LogP contribution < -0.4 is 5.73 Å². The minimum atomic E-state index is -0.305. The Kier molecular flexibility index (Phi) is 3.75. The first kappa shape index (κ1) is 13.5. The van der Waals surface area contributed by atoms with Crippen molar-refractivity contribution in [2.45, 2.75) is 5.92 Å². The first-order chi connectivity index (χ1) is 10.3. The summed E-state index contributed by atoms with van der Waals surface area (Å²) in [5.74, 6) is -0.255. The van der Waals surface area contributed by atoms with Gasteiger partial charge in [0.05, 0.1) is 11.4 Å². The van der Waals surface area contributed by atoms with Gasteiger partial charge >= 0.3 is 0 Å². The van der Waals surface area contributed by atoms with E-state index >= 15 is 0 Å². The fraction of sp³-hybridized carbons (Fsp3) is 0.111. The van der Waals surface area contributed by atoms with E-state index in [0.29, 0.717) is 12.1 Å². The number of aromatic nitrogens is 1. The van der Waals surface area contributed by atoms with Gasteiger partial charge < -0.3 is 5.73 Å². The predicted octanol–water partition coefficient (Wildman–Crippen LogP) is 3.16. The Labute approximate surface area is 123 Å². The van der Waals surface area contributed by atoms with Gasteiger partial charge in [0, 0.05) is 23.7 Å². The number of hydrogen-bond donors (Lipinski definition) is 1. The van der Waals surface area contributed by atoms with E-state index in [1.807, 2.05) is 60.7 Å². The van der Waals surface area contributed by atoms with Crippen molar-refractivity contribution in [3.63, 3.8) is 0 Å². The lowest BCUT2D eigenvalue weighted by molar-refractivity contribution is 0.0962. The molecule has 3 aromatic rings. The zero-order valence-electron chi connectivity index (χ0n) is 11.6. The molecule has 3 heteroatoms. The minimum absolute atomic E-state index is 0.0504. The Morgan fingerprint density at radius 3 is 2.62 bits per heavy atom. The topological polar surface area (TPSA) is 56.0 Å². The number of nitrogens with zero attached hydrogens (tertiary/aromatic N) is 1. The van der Waals surface area contributed by atoms with Gasteiger partial charge in [-0.3, -0.25) is 9.78 Å². The number of fused-ring (bicyclic) bond motifs is 1. The fourth-order valence-electron chi connectivity index (χ4n) is 2.51. The maximum Gasteiger partial charge on any atom is 0.171 e. The highest BCUT2D eigenvalue weighted by Gasteiger charge is 2.20. The van der Waals surface area contributed by atoms with Crippen molar-refractivity contribution in [2.75, 3.05) is 6.54 Å². The number of Topliss-reactive ketones (excluding diaryl/α,β-unsaturated/α-hetero) is 1. The third-order valence-electron chi connectivity index (χ3n) is 3.64. The highest BCUT2D eigenvalue weighted by atomic mass is 16.1. The summed E-state index contributed by atoms with van der Waals surface area (Å²) in [5.41, 5.74) is 8.34. The average Bonchev–Trinajstić information content (AvgIpc) is 2.56. The lowest BCUT2D eigenvalue weighted by atomic mass is 9.90. The molecule has 2 N–H and O–H groups in total. The van der Waals surface area contributed by atoms with Crippen molar-refractivity contribution in [2.24, 2.45) is 5.73 Å². The van der Waals surface area contributed by atoms with Crippen LogP contribution in [-0.4, -0.2) is 17.3 Å². The number of carbonyl (C=O) groups excluding carboxylic acids is 1. The molecule has 1 atom stereocenters. The molecule has 0 saturated carbocycles. The normalized spacial score (nSPS) is 12.2. The molecule has 3 rings (SSSR count). The molecule has 1 heterocycles. The molecular formula is C18H16N2O. The van der Waals surface area contributed by atoms with Crippen molar-refractivity contribution in [1.29, 1.82) is 0 Å². The third kappa shape index (κ3) is 2.69. The van der Waals surface area contributed by atoms with Crippen LogP contribution in [0.5, 0.6) is 0 Å². The maximum atomic E-state index is 12.7. The van der Waals surface area contributed by atoms with Crippen LogP contribution in [0.1, 0.15) is 21.8 Å². The Bertz CT molecular complexity index is 768. The maximum absolute atomic E-state index is 12.7. The zero-order valence-corrected chi connectivity index (χ0v) is 11.6. The molecular weight excluding hydrogens is 260 g/mol. The summed E-state index contributed by atoms with van der Waals surface area (Å²) in [4.78, 5) is 17.0. The highest BCUT2D eigenvalue weighted by molar-refractivity contribution is 6.03. The second kappa shape index (κ2) is 5.85. The first-order valence-electron chi connectivity index (χ1n) is 6.93. The largest absolute Gasteiger partial charge is 0.329 e.